The second-order valence-electron chi connectivity index (χ2n) is 4.93. The van der Waals surface area contributed by atoms with Crippen molar-refractivity contribution in [1.82, 2.24) is 9.78 Å². The van der Waals surface area contributed by atoms with Gasteiger partial charge in [0.25, 0.3) is 0 Å². The van der Waals surface area contributed by atoms with Crippen molar-refractivity contribution in [2.75, 3.05) is 0 Å². The second kappa shape index (κ2) is 4.85. The number of hydrogen-bond donors (Lipinski definition) is 0. The van der Waals surface area contributed by atoms with Gasteiger partial charge in [0.2, 0.25) is 0 Å². The van der Waals surface area contributed by atoms with E-state index in [1.54, 1.807) is 16.4 Å². The molecule has 4 heteroatoms. The molecule has 1 aliphatic rings. The lowest BCUT2D eigenvalue weighted by Gasteiger charge is -2.06. The lowest BCUT2D eigenvalue weighted by Crippen LogP contribution is -1.93. The summed E-state index contributed by atoms with van der Waals surface area (Å²) in [6, 6.07) is 6.62. The molecule has 0 amide bonds. The Morgan fingerprint density at radius 2 is 2.11 bits per heavy atom. The number of carbonyl (C=O) groups is 1. The largest absolute Gasteiger partial charge is 0.298 e. The molecular formula is C15H16N2OS. The third-order valence-electron chi connectivity index (χ3n) is 3.62. The van der Waals surface area contributed by atoms with E-state index >= 15 is 0 Å². The van der Waals surface area contributed by atoms with Gasteiger partial charge in [0.15, 0.2) is 6.29 Å². The van der Waals surface area contributed by atoms with Crippen LogP contribution >= 0.6 is 11.8 Å². The van der Waals surface area contributed by atoms with Crippen LogP contribution < -0.4 is 0 Å². The molecule has 0 atom stereocenters. The molecule has 19 heavy (non-hydrogen) atoms. The number of aryl methyl sites for hydroxylation is 4. The molecule has 0 radical (unpaired) electrons. The highest BCUT2D eigenvalue weighted by Crippen LogP contribution is 2.33. The average molecular weight is 272 g/mol. The van der Waals surface area contributed by atoms with Gasteiger partial charge in [0.05, 0.1) is 11.3 Å². The van der Waals surface area contributed by atoms with E-state index < -0.39 is 0 Å². The van der Waals surface area contributed by atoms with Crippen LogP contribution in [0.2, 0.25) is 0 Å². The minimum Gasteiger partial charge on any atom is -0.298 e. The predicted molar refractivity (Wildman–Crippen MR) is 75.9 cm³/mol. The molecule has 0 saturated carbocycles. The van der Waals surface area contributed by atoms with Crippen molar-refractivity contribution < 1.29 is 4.79 Å². The summed E-state index contributed by atoms with van der Waals surface area (Å²) in [4.78, 5) is 12.4. The van der Waals surface area contributed by atoms with Gasteiger partial charge in [-0.05, 0) is 49.4 Å². The molecule has 1 aromatic heterocycles. The van der Waals surface area contributed by atoms with Gasteiger partial charge in [-0.2, -0.15) is 5.10 Å². The monoisotopic (exact) mass is 272 g/mol. The lowest BCUT2D eigenvalue weighted by molar-refractivity contribution is 0.112. The van der Waals surface area contributed by atoms with Crippen LogP contribution in [-0.4, -0.2) is 16.1 Å². The Morgan fingerprint density at radius 3 is 2.89 bits per heavy atom. The quantitative estimate of drug-likeness (QED) is 0.805. The van der Waals surface area contributed by atoms with Crippen LogP contribution in [0.1, 0.15) is 33.6 Å². The highest BCUT2D eigenvalue weighted by atomic mass is 32.2. The second-order valence-corrected chi connectivity index (χ2v) is 5.99. The van der Waals surface area contributed by atoms with Crippen LogP contribution in [0.25, 0.3) is 0 Å². The first-order valence-corrected chi connectivity index (χ1v) is 7.29. The van der Waals surface area contributed by atoms with Crippen molar-refractivity contribution in [3.8, 4) is 0 Å². The fourth-order valence-corrected chi connectivity index (χ4v) is 3.67. The molecule has 3 nitrogen and oxygen atoms in total. The van der Waals surface area contributed by atoms with Gasteiger partial charge in [-0.25, -0.2) is 0 Å². The molecule has 0 spiro atoms. The summed E-state index contributed by atoms with van der Waals surface area (Å²) in [5.41, 5.74) is 4.42. The molecular weight excluding hydrogens is 256 g/mol. The Balaban J connectivity index is 1.95. The van der Waals surface area contributed by atoms with Gasteiger partial charge in [-0.15, -0.1) is 0 Å². The van der Waals surface area contributed by atoms with Gasteiger partial charge in [-0.3, -0.25) is 9.48 Å². The van der Waals surface area contributed by atoms with Crippen LogP contribution in [-0.2, 0) is 19.9 Å². The first-order valence-electron chi connectivity index (χ1n) is 6.47. The van der Waals surface area contributed by atoms with Crippen molar-refractivity contribution in [2.24, 2.45) is 7.05 Å². The van der Waals surface area contributed by atoms with Crippen LogP contribution in [0.3, 0.4) is 0 Å². The van der Waals surface area contributed by atoms with E-state index in [-0.39, 0.29) is 0 Å². The highest BCUT2D eigenvalue weighted by Gasteiger charge is 2.16. The minimum absolute atomic E-state index is 0.702. The fraction of sp³-hybridized carbons (Fsp3) is 0.333. The summed E-state index contributed by atoms with van der Waals surface area (Å²) >= 11 is 1.62. The Morgan fingerprint density at radius 1 is 1.32 bits per heavy atom. The van der Waals surface area contributed by atoms with Gasteiger partial charge in [0.1, 0.15) is 5.03 Å². The lowest BCUT2D eigenvalue weighted by atomic mass is 10.1. The molecule has 0 fully saturated rings. The van der Waals surface area contributed by atoms with E-state index in [1.807, 2.05) is 14.0 Å². The molecule has 0 unspecified atom stereocenters. The molecule has 0 bridgehead atoms. The normalized spacial score (nSPS) is 13.6. The maximum Gasteiger partial charge on any atom is 0.154 e. The summed E-state index contributed by atoms with van der Waals surface area (Å²) in [7, 11) is 1.88. The average Bonchev–Trinajstić information content (AvgIpc) is 2.94. The van der Waals surface area contributed by atoms with Crippen LogP contribution in [0.4, 0.5) is 0 Å². The zero-order valence-corrected chi connectivity index (χ0v) is 12.0. The van der Waals surface area contributed by atoms with Crippen molar-refractivity contribution in [2.45, 2.75) is 36.1 Å². The SMILES string of the molecule is Cc1nn(C)c(Sc2ccc3c(c2)CCC3)c1C=O. The molecule has 2 aromatic rings. The third kappa shape index (κ3) is 2.21. The van der Waals surface area contributed by atoms with Gasteiger partial charge in [0, 0.05) is 11.9 Å². The zero-order valence-electron chi connectivity index (χ0n) is 11.1. The molecule has 3 rings (SSSR count). The standard InChI is InChI=1S/C15H16N2OS/c1-10-14(9-18)15(17(2)16-10)19-13-7-6-11-4-3-5-12(11)8-13/h6-9H,3-5H2,1-2H3. The molecule has 1 aromatic carbocycles. The maximum absolute atomic E-state index is 11.2. The first kappa shape index (κ1) is 12.5. The molecule has 0 aliphatic heterocycles. The van der Waals surface area contributed by atoms with Crippen LogP contribution in [0, 0.1) is 6.92 Å². The van der Waals surface area contributed by atoms with Crippen molar-refractivity contribution in [1.29, 1.82) is 0 Å². The Kier molecular flexibility index (Phi) is 3.19. The van der Waals surface area contributed by atoms with E-state index in [1.165, 1.54) is 35.3 Å². The number of aldehydes is 1. The smallest absolute Gasteiger partial charge is 0.154 e. The summed E-state index contributed by atoms with van der Waals surface area (Å²) in [6.45, 7) is 1.87. The molecule has 98 valence electrons. The van der Waals surface area contributed by atoms with E-state index in [0.29, 0.717) is 5.56 Å². The van der Waals surface area contributed by atoms with E-state index in [2.05, 4.69) is 23.3 Å². The summed E-state index contributed by atoms with van der Waals surface area (Å²) in [5, 5.41) is 5.24. The van der Waals surface area contributed by atoms with Crippen molar-refractivity contribution in [3.05, 3.63) is 40.6 Å². The fourth-order valence-electron chi connectivity index (χ4n) is 2.63. The van der Waals surface area contributed by atoms with Crippen LogP contribution in [0.5, 0.6) is 0 Å². The van der Waals surface area contributed by atoms with E-state index in [0.717, 1.165) is 17.0 Å². The van der Waals surface area contributed by atoms with Gasteiger partial charge in [-0.1, -0.05) is 17.8 Å². The molecule has 0 saturated heterocycles. The topological polar surface area (TPSA) is 34.9 Å². The number of aromatic nitrogens is 2. The number of fused-ring (bicyclic) bond motifs is 1. The molecule has 1 heterocycles. The van der Waals surface area contributed by atoms with Gasteiger partial charge < -0.3 is 0 Å². The van der Waals surface area contributed by atoms with E-state index in [9.17, 15) is 4.79 Å². The Hall–Kier alpha value is -1.55. The maximum atomic E-state index is 11.2. The van der Waals surface area contributed by atoms with Gasteiger partial charge >= 0.3 is 0 Å². The summed E-state index contributed by atoms with van der Waals surface area (Å²) in [5.74, 6) is 0. The number of benzene rings is 1. The summed E-state index contributed by atoms with van der Waals surface area (Å²) < 4.78 is 1.79. The number of nitrogens with zero attached hydrogens (tertiary/aromatic N) is 2. The first-order chi connectivity index (χ1) is 9.19. The number of hydrogen-bond acceptors (Lipinski definition) is 3. The van der Waals surface area contributed by atoms with Crippen molar-refractivity contribution in [3.63, 3.8) is 0 Å². The zero-order chi connectivity index (χ0) is 13.4. The summed E-state index contributed by atoms with van der Waals surface area (Å²) in [6.07, 6.45) is 4.53. The van der Waals surface area contributed by atoms with E-state index in [4.69, 9.17) is 0 Å². The molecule has 1 aliphatic carbocycles. The van der Waals surface area contributed by atoms with Crippen molar-refractivity contribution >= 4 is 18.0 Å². The Bertz CT molecular complexity index is 646. The highest BCUT2D eigenvalue weighted by molar-refractivity contribution is 7.99. The minimum atomic E-state index is 0.702. The van der Waals surface area contributed by atoms with Crippen LogP contribution in [0.15, 0.2) is 28.1 Å². The third-order valence-corrected chi connectivity index (χ3v) is 4.78. The predicted octanol–water partition coefficient (Wildman–Crippen LogP) is 3.18. The Labute approximate surface area is 117 Å². The number of carbonyl (C=O) groups excluding carboxylic acids is 1. The number of rotatable bonds is 3. The molecule has 0 N–H and O–H groups in total.